The van der Waals surface area contributed by atoms with E-state index in [-0.39, 0.29) is 6.04 Å². The van der Waals surface area contributed by atoms with Crippen molar-refractivity contribution in [2.24, 2.45) is 5.18 Å². The monoisotopic (exact) mass is 220 g/mol. The molecule has 1 aliphatic rings. The molecule has 1 N–H and O–H groups in total. The maximum absolute atomic E-state index is 10.9. The highest BCUT2D eigenvalue weighted by Gasteiger charge is 2.24. The molecule has 0 saturated heterocycles. The maximum Gasteiger partial charge on any atom is 0.411 e. The summed E-state index contributed by atoms with van der Waals surface area (Å²) in [4.78, 5) is 22.6. The normalized spacial score (nSPS) is 15.7. The second-order valence-corrected chi connectivity index (χ2v) is 3.85. The Bertz CT molecular complexity index is 445. The highest BCUT2D eigenvalue weighted by atomic mass is 16.4. The van der Waals surface area contributed by atoms with Crippen LogP contribution in [0.3, 0.4) is 0 Å². The summed E-state index contributed by atoms with van der Waals surface area (Å²) in [6.07, 6.45) is -0.241. The molecule has 0 bridgehead atoms. The molecule has 2 rings (SSSR count). The average Bonchev–Trinajstić information content (AvgIpc) is 2.70. The van der Waals surface area contributed by atoms with Gasteiger partial charge in [-0.05, 0) is 30.5 Å². The van der Waals surface area contributed by atoms with Crippen molar-refractivity contribution >= 4 is 11.8 Å². The van der Waals surface area contributed by atoms with Gasteiger partial charge in [0.2, 0.25) is 0 Å². The standard InChI is InChI=1S/C11H12N2O3/c1-7(12-16)8-2-3-10-9(6-8)4-5-13(10)11(14)15/h2-3,6-7H,4-5H2,1H3,(H,14,15). The summed E-state index contributed by atoms with van der Waals surface area (Å²) in [5, 5.41) is 11.9. The molecular weight excluding hydrogens is 208 g/mol. The van der Waals surface area contributed by atoms with Crippen molar-refractivity contribution in [1.82, 2.24) is 0 Å². The third-order valence-electron chi connectivity index (χ3n) is 2.87. The van der Waals surface area contributed by atoms with E-state index in [4.69, 9.17) is 5.11 Å². The first-order valence-corrected chi connectivity index (χ1v) is 5.09. The van der Waals surface area contributed by atoms with Crippen LogP contribution in [0.2, 0.25) is 0 Å². The van der Waals surface area contributed by atoms with Crippen LogP contribution in [0.25, 0.3) is 0 Å². The lowest BCUT2D eigenvalue weighted by molar-refractivity contribution is 0.202. The molecule has 0 fully saturated rings. The van der Waals surface area contributed by atoms with Gasteiger partial charge in [-0.3, -0.25) is 4.90 Å². The maximum atomic E-state index is 10.9. The lowest BCUT2D eigenvalue weighted by Crippen LogP contribution is -2.26. The zero-order chi connectivity index (χ0) is 11.7. The second-order valence-electron chi connectivity index (χ2n) is 3.85. The summed E-state index contributed by atoms with van der Waals surface area (Å²) in [5.41, 5.74) is 2.52. The van der Waals surface area contributed by atoms with E-state index in [0.717, 1.165) is 11.1 Å². The number of benzene rings is 1. The van der Waals surface area contributed by atoms with Crippen LogP contribution in [-0.4, -0.2) is 17.7 Å². The minimum Gasteiger partial charge on any atom is -0.465 e. The number of hydrogen-bond donors (Lipinski definition) is 1. The van der Waals surface area contributed by atoms with Crippen molar-refractivity contribution in [3.8, 4) is 0 Å². The molecule has 1 unspecified atom stereocenters. The fraction of sp³-hybridized carbons (Fsp3) is 0.364. The van der Waals surface area contributed by atoms with E-state index < -0.39 is 6.09 Å². The number of rotatable bonds is 2. The molecule has 1 aromatic rings. The molecule has 1 amide bonds. The molecule has 1 aliphatic heterocycles. The SMILES string of the molecule is CC(N=O)c1ccc2c(c1)CCN2C(=O)O. The number of carboxylic acid groups (broad SMARTS) is 1. The summed E-state index contributed by atoms with van der Waals surface area (Å²) in [5.74, 6) is 0. The molecule has 1 atom stereocenters. The summed E-state index contributed by atoms with van der Waals surface area (Å²) in [7, 11) is 0. The summed E-state index contributed by atoms with van der Waals surface area (Å²) in [6, 6.07) is 4.98. The van der Waals surface area contributed by atoms with Gasteiger partial charge in [-0.15, -0.1) is 0 Å². The Morgan fingerprint density at radius 2 is 2.31 bits per heavy atom. The largest absolute Gasteiger partial charge is 0.465 e. The van der Waals surface area contributed by atoms with Gasteiger partial charge in [-0.2, -0.15) is 4.91 Å². The zero-order valence-electron chi connectivity index (χ0n) is 8.88. The van der Waals surface area contributed by atoms with Gasteiger partial charge in [0.1, 0.15) is 6.04 Å². The van der Waals surface area contributed by atoms with Crippen LogP contribution in [0, 0.1) is 4.91 Å². The quantitative estimate of drug-likeness (QED) is 0.778. The highest BCUT2D eigenvalue weighted by molar-refractivity contribution is 5.88. The Hall–Kier alpha value is -1.91. The number of carbonyl (C=O) groups is 1. The first-order valence-electron chi connectivity index (χ1n) is 5.09. The van der Waals surface area contributed by atoms with Gasteiger partial charge in [-0.25, -0.2) is 4.79 Å². The van der Waals surface area contributed by atoms with Crippen LogP contribution >= 0.6 is 0 Å². The van der Waals surface area contributed by atoms with Gasteiger partial charge in [0, 0.05) is 6.54 Å². The molecular formula is C11H12N2O3. The molecule has 1 aromatic carbocycles. The molecule has 16 heavy (non-hydrogen) atoms. The predicted octanol–water partition coefficient (Wildman–Crippen LogP) is 2.55. The molecule has 0 aliphatic carbocycles. The number of anilines is 1. The Morgan fingerprint density at radius 3 is 2.94 bits per heavy atom. The molecule has 5 nitrogen and oxygen atoms in total. The number of amides is 1. The first kappa shape index (κ1) is 10.6. The van der Waals surface area contributed by atoms with Crippen LogP contribution < -0.4 is 4.90 Å². The van der Waals surface area contributed by atoms with E-state index in [0.29, 0.717) is 18.7 Å². The predicted molar refractivity (Wildman–Crippen MR) is 59.7 cm³/mol. The van der Waals surface area contributed by atoms with E-state index in [2.05, 4.69) is 5.18 Å². The lowest BCUT2D eigenvalue weighted by Gasteiger charge is -2.13. The van der Waals surface area contributed by atoms with E-state index in [1.54, 1.807) is 19.1 Å². The van der Waals surface area contributed by atoms with Crippen molar-refractivity contribution in [2.45, 2.75) is 19.4 Å². The van der Waals surface area contributed by atoms with Crippen LogP contribution in [-0.2, 0) is 6.42 Å². The van der Waals surface area contributed by atoms with Crippen LogP contribution in [0.5, 0.6) is 0 Å². The number of hydrogen-bond acceptors (Lipinski definition) is 3. The molecule has 5 heteroatoms. The Kier molecular flexibility index (Phi) is 2.60. The van der Waals surface area contributed by atoms with Crippen LogP contribution in [0.1, 0.15) is 24.1 Å². The molecule has 0 aromatic heterocycles. The topological polar surface area (TPSA) is 70.0 Å². The van der Waals surface area contributed by atoms with Gasteiger partial charge in [0.15, 0.2) is 0 Å². The highest BCUT2D eigenvalue weighted by Crippen LogP contribution is 2.31. The fourth-order valence-corrected chi connectivity index (χ4v) is 1.94. The van der Waals surface area contributed by atoms with Gasteiger partial charge in [-0.1, -0.05) is 17.3 Å². The first-order chi connectivity index (χ1) is 7.63. The number of fused-ring (bicyclic) bond motifs is 1. The Morgan fingerprint density at radius 1 is 1.56 bits per heavy atom. The van der Waals surface area contributed by atoms with Crippen molar-refractivity contribution in [3.05, 3.63) is 34.2 Å². The zero-order valence-corrected chi connectivity index (χ0v) is 8.88. The third-order valence-corrected chi connectivity index (χ3v) is 2.87. The van der Waals surface area contributed by atoms with Crippen LogP contribution in [0.15, 0.2) is 23.4 Å². The van der Waals surface area contributed by atoms with E-state index in [1.165, 1.54) is 4.90 Å². The van der Waals surface area contributed by atoms with Crippen LogP contribution in [0.4, 0.5) is 10.5 Å². The summed E-state index contributed by atoms with van der Waals surface area (Å²) < 4.78 is 0. The smallest absolute Gasteiger partial charge is 0.411 e. The minimum atomic E-state index is -0.937. The van der Waals surface area contributed by atoms with Crippen molar-refractivity contribution in [3.63, 3.8) is 0 Å². The van der Waals surface area contributed by atoms with Crippen molar-refractivity contribution < 1.29 is 9.90 Å². The molecule has 0 spiro atoms. The van der Waals surface area contributed by atoms with Gasteiger partial charge in [0.25, 0.3) is 0 Å². The van der Waals surface area contributed by atoms with Gasteiger partial charge in [0.05, 0.1) is 5.69 Å². The summed E-state index contributed by atoms with van der Waals surface area (Å²) in [6.45, 7) is 2.20. The molecule has 0 saturated carbocycles. The second kappa shape index (κ2) is 3.92. The fourth-order valence-electron chi connectivity index (χ4n) is 1.94. The molecule has 1 heterocycles. The summed E-state index contributed by atoms with van der Waals surface area (Å²) >= 11 is 0. The van der Waals surface area contributed by atoms with E-state index >= 15 is 0 Å². The van der Waals surface area contributed by atoms with Gasteiger partial charge < -0.3 is 5.11 Å². The Labute approximate surface area is 92.7 Å². The van der Waals surface area contributed by atoms with Gasteiger partial charge >= 0.3 is 6.09 Å². The van der Waals surface area contributed by atoms with E-state index in [9.17, 15) is 9.70 Å². The van der Waals surface area contributed by atoms with E-state index in [1.807, 2.05) is 6.07 Å². The molecule has 0 radical (unpaired) electrons. The number of nitroso groups, excluding NO2 is 1. The Balaban J connectivity index is 2.36. The lowest BCUT2D eigenvalue weighted by atomic mass is 10.0. The van der Waals surface area contributed by atoms with Crippen molar-refractivity contribution in [1.29, 1.82) is 0 Å². The minimum absolute atomic E-state index is 0.385. The molecule has 84 valence electrons. The average molecular weight is 220 g/mol. The number of nitrogens with zero attached hydrogens (tertiary/aromatic N) is 2. The van der Waals surface area contributed by atoms with Crippen molar-refractivity contribution in [2.75, 3.05) is 11.4 Å². The third kappa shape index (κ3) is 1.64.